The molecule has 1 atom stereocenters. The quantitative estimate of drug-likeness (QED) is 0.816. The average molecular weight is 308 g/mol. The van der Waals surface area contributed by atoms with Gasteiger partial charge in [-0.1, -0.05) is 0 Å². The van der Waals surface area contributed by atoms with Gasteiger partial charge in [0.25, 0.3) is 0 Å². The Balaban J connectivity index is 1.80. The molecule has 2 heterocycles. The molecule has 0 bridgehead atoms. The normalized spacial score (nSPS) is 18.5. The molecule has 1 aromatic heterocycles. The van der Waals surface area contributed by atoms with E-state index in [0.29, 0.717) is 32.1 Å². The molecule has 0 radical (unpaired) electrons. The number of rotatable bonds is 5. The first-order valence-electron chi connectivity index (χ1n) is 7.69. The highest BCUT2D eigenvalue weighted by atomic mass is 16.2. The van der Waals surface area contributed by atoms with Crippen molar-refractivity contribution in [2.75, 3.05) is 19.6 Å². The van der Waals surface area contributed by atoms with Gasteiger partial charge < -0.3 is 20.5 Å². The van der Waals surface area contributed by atoms with Crippen LogP contribution >= 0.6 is 0 Å². The lowest BCUT2D eigenvalue weighted by molar-refractivity contribution is -0.123. The van der Waals surface area contributed by atoms with Crippen molar-refractivity contribution < 1.29 is 9.59 Å². The summed E-state index contributed by atoms with van der Waals surface area (Å²) in [6.45, 7) is 5.68. The number of hydrogen-bond acceptors (Lipinski definition) is 4. The van der Waals surface area contributed by atoms with Gasteiger partial charge in [0.1, 0.15) is 12.2 Å². The number of carbonyl (C=O) groups excluding carboxylic acids is 2. The predicted molar refractivity (Wildman–Crippen MR) is 81.0 cm³/mol. The molecule has 0 aromatic carbocycles. The van der Waals surface area contributed by atoms with Crippen molar-refractivity contribution in [3.63, 3.8) is 0 Å². The van der Waals surface area contributed by atoms with Crippen LogP contribution < -0.4 is 11.1 Å². The van der Waals surface area contributed by atoms with Crippen LogP contribution in [-0.2, 0) is 11.2 Å². The van der Waals surface area contributed by atoms with Gasteiger partial charge in [0.2, 0.25) is 5.91 Å². The van der Waals surface area contributed by atoms with E-state index in [4.69, 9.17) is 5.73 Å². The van der Waals surface area contributed by atoms with Crippen molar-refractivity contribution in [1.29, 1.82) is 0 Å². The first-order chi connectivity index (χ1) is 10.5. The molecule has 0 saturated carbocycles. The number of urea groups is 1. The molecule has 0 aliphatic carbocycles. The fraction of sp³-hybridized carbons (Fsp3) is 0.714. The van der Waals surface area contributed by atoms with Crippen LogP contribution in [-0.4, -0.2) is 51.2 Å². The standard InChI is InChI=1S/C14H24N6O2/c1-10(2)20-9-17-18-12(20)5-6-16-14(22)19-7-3-4-11(8-19)13(15)21/h9-11H,3-8H2,1-2H3,(H2,15,21)(H,16,22)/t11-/m0/s1. The Morgan fingerprint density at radius 1 is 1.50 bits per heavy atom. The van der Waals surface area contributed by atoms with Gasteiger partial charge in [-0.25, -0.2) is 4.79 Å². The van der Waals surface area contributed by atoms with Crippen molar-refractivity contribution in [3.8, 4) is 0 Å². The minimum absolute atomic E-state index is 0.151. The van der Waals surface area contributed by atoms with Crippen molar-refractivity contribution in [1.82, 2.24) is 25.0 Å². The third-order valence-corrected chi connectivity index (χ3v) is 3.94. The van der Waals surface area contributed by atoms with Gasteiger partial charge in [-0.2, -0.15) is 0 Å². The minimum Gasteiger partial charge on any atom is -0.369 e. The van der Waals surface area contributed by atoms with Gasteiger partial charge in [0, 0.05) is 32.1 Å². The van der Waals surface area contributed by atoms with Crippen LogP contribution in [0.15, 0.2) is 6.33 Å². The van der Waals surface area contributed by atoms with E-state index >= 15 is 0 Å². The Labute approximate surface area is 130 Å². The van der Waals surface area contributed by atoms with Gasteiger partial charge in [0.05, 0.1) is 5.92 Å². The van der Waals surface area contributed by atoms with E-state index in [0.717, 1.165) is 18.7 Å². The average Bonchev–Trinajstić information content (AvgIpc) is 2.96. The highest BCUT2D eigenvalue weighted by molar-refractivity contribution is 5.79. The molecular formula is C14H24N6O2. The lowest BCUT2D eigenvalue weighted by Crippen LogP contribution is -2.48. The van der Waals surface area contributed by atoms with Crippen LogP contribution in [0.25, 0.3) is 0 Å². The molecule has 1 fully saturated rings. The van der Waals surface area contributed by atoms with E-state index in [2.05, 4.69) is 29.4 Å². The summed E-state index contributed by atoms with van der Waals surface area (Å²) >= 11 is 0. The third-order valence-electron chi connectivity index (χ3n) is 3.94. The largest absolute Gasteiger partial charge is 0.369 e. The predicted octanol–water partition coefficient (Wildman–Crippen LogP) is 0.308. The number of hydrogen-bond donors (Lipinski definition) is 2. The number of likely N-dealkylation sites (tertiary alicyclic amines) is 1. The van der Waals surface area contributed by atoms with Crippen LogP contribution in [0.5, 0.6) is 0 Å². The molecule has 3 N–H and O–H groups in total. The summed E-state index contributed by atoms with van der Waals surface area (Å²) in [5.41, 5.74) is 5.32. The zero-order valence-corrected chi connectivity index (χ0v) is 13.2. The Morgan fingerprint density at radius 2 is 2.27 bits per heavy atom. The molecule has 8 nitrogen and oxygen atoms in total. The van der Waals surface area contributed by atoms with E-state index in [9.17, 15) is 9.59 Å². The highest BCUT2D eigenvalue weighted by Crippen LogP contribution is 2.15. The van der Waals surface area contributed by atoms with E-state index in [1.807, 2.05) is 4.57 Å². The number of nitrogens with two attached hydrogens (primary N) is 1. The Morgan fingerprint density at radius 3 is 2.95 bits per heavy atom. The van der Waals surface area contributed by atoms with Gasteiger partial charge >= 0.3 is 6.03 Å². The topological polar surface area (TPSA) is 106 Å². The monoisotopic (exact) mass is 308 g/mol. The highest BCUT2D eigenvalue weighted by Gasteiger charge is 2.26. The molecule has 22 heavy (non-hydrogen) atoms. The van der Waals surface area contributed by atoms with Gasteiger partial charge in [-0.3, -0.25) is 4.79 Å². The molecule has 8 heteroatoms. The summed E-state index contributed by atoms with van der Waals surface area (Å²) in [6, 6.07) is 0.140. The molecule has 0 spiro atoms. The molecule has 3 amide bonds. The molecule has 122 valence electrons. The summed E-state index contributed by atoms with van der Waals surface area (Å²) in [5.74, 6) is 0.287. The molecule has 0 unspecified atom stereocenters. The van der Waals surface area contributed by atoms with Crippen LogP contribution in [0.3, 0.4) is 0 Å². The van der Waals surface area contributed by atoms with E-state index < -0.39 is 0 Å². The first-order valence-corrected chi connectivity index (χ1v) is 7.69. The summed E-state index contributed by atoms with van der Waals surface area (Å²) < 4.78 is 1.98. The van der Waals surface area contributed by atoms with Crippen molar-refractivity contribution in [2.24, 2.45) is 11.7 Å². The summed E-state index contributed by atoms with van der Waals surface area (Å²) in [5, 5.41) is 10.8. The first kappa shape index (κ1) is 16.3. The molecule has 1 aromatic rings. The Kier molecular flexibility index (Phi) is 5.35. The third kappa shape index (κ3) is 3.96. The molecule has 1 aliphatic rings. The lowest BCUT2D eigenvalue weighted by Gasteiger charge is -2.31. The summed E-state index contributed by atoms with van der Waals surface area (Å²) in [6.07, 6.45) is 3.89. The Hall–Kier alpha value is -2.12. The number of nitrogens with zero attached hydrogens (tertiary/aromatic N) is 4. The van der Waals surface area contributed by atoms with Crippen LogP contribution in [0.1, 0.15) is 38.6 Å². The van der Waals surface area contributed by atoms with Crippen molar-refractivity contribution in [2.45, 2.75) is 39.2 Å². The smallest absolute Gasteiger partial charge is 0.317 e. The fourth-order valence-corrected chi connectivity index (χ4v) is 2.66. The van der Waals surface area contributed by atoms with E-state index in [1.54, 1.807) is 11.2 Å². The number of carbonyl (C=O) groups is 2. The maximum Gasteiger partial charge on any atom is 0.317 e. The maximum absolute atomic E-state index is 12.1. The zero-order valence-electron chi connectivity index (χ0n) is 13.2. The van der Waals surface area contributed by atoms with E-state index in [-0.39, 0.29) is 17.9 Å². The van der Waals surface area contributed by atoms with Crippen LogP contribution in [0.4, 0.5) is 4.79 Å². The second kappa shape index (κ2) is 7.24. The summed E-state index contributed by atoms with van der Waals surface area (Å²) in [7, 11) is 0. The van der Waals surface area contributed by atoms with Crippen LogP contribution in [0, 0.1) is 5.92 Å². The van der Waals surface area contributed by atoms with Gasteiger partial charge in [-0.15, -0.1) is 10.2 Å². The van der Waals surface area contributed by atoms with E-state index in [1.165, 1.54) is 0 Å². The van der Waals surface area contributed by atoms with Crippen LogP contribution in [0.2, 0.25) is 0 Å². The van der Waals surface area contributed by atoms with Gasteiger partial charge in [-0.05, 0) is 26.7 Å². The SMILES string of the molecule is CC(C)n1cnnc1CCNC(=O)N1CCC[C@H](C(N)=O)C1. The number of primary amides is 1. The Bertz CT molecular complexity index is 527. The fourth-order valence-electron chi connectivity index (χ4n) is 2.66. The molecule has 1 aliphatic heterocycles. The summed E-state index contributed by atoms with van der Waals surface area (Å²) in [4.78, 5) is 25.0. The number of aromatic nitrogens is 3. The second-order valence-electron chi connectivity index (χ2n) is 5.92. The van der Waals surface area contributed by atoms with Crippen molar-refractivity contribution >= 4 is 11.9 Å². The lowest BCUT2D eigenvalue weighted by atomic mass is 9.98. The molecule has 2 rings (SSSR count). The zero-order chi connectivity index (χ0) is 16.1. The number of amides is 3. The minimum atomic E-state index is -0.331. The second-order valence-corrected chi connectivity index (χ2v) is 5.92. The number of nitrogens with one attached hydrogen (secondary N) is 1. The number of piperidine rings is 1. The van der Waals surface area contributed by atoms with Gasteiger partial charge in [0.15, 0.2) is 0 Å². The molecular weight excluding hydrogens is 284 g/mol. The van der Waals surface area contributed by atoms with Crippen molar-refractivity contribution in [3.05, 3.63) is 12.2 Å². The molecule has 1 saturated heterocycles. The maximum atomic E-state index is 12.1.